The first-order chi connectivity index (χ1) is 15.2. The molecule has 2 saturated heterocycles. The molecule has 0 bridgehead atoms. The standard InChI is InChI=1S/C22H26N6O3/c1-13-12-31-10-9-28(13)19-11-15(16-3-4-18(25-16)22(29)30-2)14-5-7-23-21(20(14)26-19)17-6-8-24-27-17/h3-5,7,11,13,17,24-25,27H,6,8-10,12H2,1-2H3/t13-,17?/m1/s1. The van der Waals surface area contributed by atoms with E-state index in [4.69, 9.17) is 14.5 Å². The Bertz CT molecular complexity index is 1110. The fourth-order valence-corrected chi connectivity index (χ4v) is 4.32. The summed E-state index contributed by atoms with van der Waals surface area (Å²) in [4.78, 5) is 27.2. The van der Waals surface area contributed by atoms with Gasteiger partial charge in [-0.3, -0.25) is 10.4 Å². The van der Waals surface area contributed by atoms with Crippen LogP contribution < -0.4 is 15.8 Å². The number of carbonyl (C=O) groups excluding carboxylic acids is 1. The molecular formula is C22H26N6O3. The van der Waals surface area contributed by atoms with Gasteiger partial charge in [0, 0.05) is 35.9 Å². The molecule has 3 aromatic rings. The highest BCUT2D eigenvalue weighted by Crippen LogP contribution is 2.35. The summed E-state index contributed by atoms with van der Waals surface area (Å²) in [5, 5.41) is 0.988. The van der Waals surface area contributed by atoms with E-state index in [2.05, 4.69) is 38.7 Å². The quantitative estimate of drug-likeness (QED) is 0.550. The lowest BCUT2D eigenvalue weighted by atomic mass is 10.0. The van der Waals surface area contributed by atoms with Crippen LogP contribution in [0.3, 0.4) is 0 Å². The summed E-state index contributed by atoms with van der Waals surface area (Å²) in [5.74, 6) is 0.489. The van der Waals surface area contributed by atoms with Gasteiger partial charge in [0.25, 0.3) is 0 Å². The number of anilines is 1. The minimum atomic E-state index is -0.393. The van der Waals surface area contributed by atoms with Crippen LogP contribution in [0, 0.1) is 0 Å². The Hall–Kier alpha value is -3.01. The number of hydrogen-bond acceptors (Lipinski definition) is 8. The van der Waals surface area contributed by atoms with Crippen LogP contribution in [-0.4, -0.2) is 60.4 Å². The fourth-order valence-electron chi connectivity index (χ4n) is 4.32. The summed E-state index contributed by atoms with van der Waals surface area (Å²) in [6.45, 7) is 5.13. The molecule has 1 unspecified atom stereocenters. The topological polar surface area (TPSA) is 104 Å². The summed E-state index contributed by atoms with van der Waals surface area (Å²) >= 11 is 0. The normalized spacial score (nSPS) is 21.5. The molecule has 0 amide bonds. The number of aromatic amines is 1. The molecule has 0 radical (unpaired) electrons. The number of methoxy groups -OCH3 is 1. The number of nitrogens with one attached hydrogen (secondary N) is 3. The maximum atomic E-state index is 12.0. The van der Waals surface area contributed by atoms with Crippen LogP contribution in [0.25, 0.3) is 22.2 Å². The molecular weight excluding hydrogens is 396 g/mol. The van der Waals surface area contributed by atoms with Gasteiger partial charge in [0.1, 0.15) is 11.5 Å². The van der Waals surface area contributed by atoms with E-state index in [9.17, 15) is 4.79 Å². The van der Waals surface area contributed by atoms with Gasteiger partial charge >= 0.3 is 5.97 Å². The van der Waals surface area contributed by atoms with Crippen LogP contribution in [0.15, 0.2) is 30.5 Å². The van der Waals surface area contributed by atoms with Crippen molar-refractivity contribution < 1.29 is 14.3 Å². The van der Waals surface area contributed by atoms with Crippen molar-refractivity contribution in [2.45, 2.75) is 25.4 Å². The molecule has 0 aliphatic carbocycles. The van der Waals surface area contributed by atoms with Gasteiger partial charge in [0.05, 0.1) is 43.6 Å². The van der Waals surface area contributed by atoms with Gasteiger partial charge < -0.3 is 19.4 Å². The number of hydrogen-bond donors (Lipinski definition) is 3. The molecule has 31 heavy (non-hydrogen) atoms. The Morgan fingerprint density at radius 1 is 1.32 bits per heavy atom. The van der Waals surface area contributed by atoms with E-state index in [0.717, 1.165) is 53.2 Å². The Morgan fingerprint density at radius 3 is 3.00 bits per heavy atom. The predicted octanol–water partition coefficient (Wildman–Crippen LogP) is 2.18. The number of carbonyl (C=O) groups is 1. The third kappa shape index (κ3) is 3.65. The molecule has 162 valence electrons. The van der Waals surface area contributed by atoms with E-state index < -0.39 is 5.97 Å². The Labute approximate surface area is 180 Å². The highest BCUT2D eigenvalue weighted by molar-refractivity contribution is 5.97. The fraction of sp³-hybridized carbons (Fsp3) is 0.409. The first-order valence-electron chi connectivity index (χ1n) is 10.6. The number of H-pyrrole nitrogens is 1. The van der Waals surface area contributed by atoms with Crippen LogP contribution in [0.1, 0.15) is 35.6 Å². The maximum absolute atomic E-state index is 12.0. The molecule has 2 aliphatic heterocycles. The lowest BCUT2D eigenvalue weighted by Crippen LogP contribution is -2.44. The van der Waals surface area contributed by atoms with Crippen molar-refractivity contribution in [2.24, 2.45) is 0 Å². The minimum absolute atomic E-state index is 0.0932. The molecule has 9 nitrogen and oxygen atoms in total. The van der Waals surface area contributed by atoms with E-state index in [1.54, 1.807) is 6.07 Å². The summed E-state index contributed by atoms with van der Waals surface area (Å²) in [6.07, 6.45) is 2.76. The average Bonchev–Trinajstić information content (AvgIpc) is 3.50. The number of pyridine rings is 2. The highest BCUT2D eigenvalue weighted by atomic mass is 16.5. The van der Waals surface area contributed by atoms with Crippen molar-refractivity contribution in [1.82, 2.24) is 25.8 Å². The van der Waals surface area contributed by atoms with Gasteiger partial charge in [0.2, 0.25) is 0 Å². The molecule has 5 rings (SSSR count). The number of rotatable bonds is 4. The zero-order valence-corrected chi connectivity index (χ0v) is 17.6. The SMILES string of the molecule is COC(=O)c1ccc(-c2cc(N3CCOC[C@H]3C)nc3c(C4CCNN4)nccc23)[nH]1. The summed E-state index contributed by atoms with van der Waals surface area (Å²) in [5.41, 5.74) is 10.5. The van der Waals surface area contributed by atoms with Crippen LogP contribution in [0.4, 0.5) is 5.82 Å². The highest BCUT2D eigenvalue weighted by Gasteiger charge is 2.26. The molecule has 9 heteroatoms. The number of morpholine rings is 1. The second kappa shape index (κ2) is 8.26. The Kier molecular flexibility index (Phi) is 5.31. The molecule has 2 atom stereocenters. The zero-order valence-electron chi connectivity index (χ0n) is 17.6. The number of hydrazine groups is 1. The third-order valence-corrected chi connectivity index (χ3v) is 5.95. The minimum Gasteiger partial charge on any atom is -0.464 e. The van der Waals surface area contributed by atoms with Gasteiger partial charge in [-0.05, 0) is 37.6 Å². The molecule has 3 N–H and O–H groups in total. The molecule has 0 spiro atoms. The third-order valence-electron chi connectivity index (χ3n) is 5.95. The monoisotopic (exact) mass is 422 g/mol. The van der Waals surface area contributed by atoms with Gasteiger partial charge in [-0.15, -0.1) is 0 Å². The van der Waals surface area contributed by atoms with Gasteiger partial charge in [-0.1, -0.05) is 0 Å². The van der Waals surface area contributed by atoms with Crippen molar-refractivity contribution in [3.05, 3.63) is 41.9 Å². The molecule has 0 saturated carbocycles. The lowest BCUT2D eigenvalue weighted by Gasteiger charge is -2.34. The number of aromatic nitrogens is 3. The summed E-state index contributed by atoms with van der Waals surface area (Å²) in [6, 6.07) is 8.02. The van der Waals surface area contributed by atoms with Gasteiger partial charge in [-0.2, -0.15) is 0 Å². The second-order valence-corrected chi connectivity index (χ2v) is 7.93. The van der Waals surface area contributed by atoms with Crippen molar-refractivity contribution in [2.75, 3.05) is 38.3 Å². The second-order valence-electron chi connectivity index (χ2n) is 7.93. The van der Waals surface area contributed by atoms with E-state index in [1.807, 2.05) is 18.3 Å². The summed E-state index contributed by atoms with van der Waals surface area (Å²) < 4.78 is 10.5. The van der Waals surface area contributed by atoms with E-state index in [1.165, 1.54) is 7.11 Å². The number of ether oxygens (including phenoxy) is 2. The van der Waals surface area contributed by atoms with Gasteiger partial charge in [-0.25, -0.2) is 15.2 Å². The van der Waals surface area contributed by atoms with Gasteiger partial charge in [0.15, 0.2) is 0 Å². The van der Waals surface area contributed by atoms with Crippen molar-refractivity contribution in [1.29, 1.82) is 0 Å². The molecule has 2 fully saturated rings. The van der Waals surface area contributed by atoms with E-state index >= 15 is 0 Å². The molecule has 2 aliphatic rings. The van der Waals surface area contributed by atoms with E-state index in [0.29, 0.717) is 18.9 Å². The van der Waals surface area contributed by atoms with Crippen molar-refractivity contribution in [3.63, 3.8) is 0 Å². The van der Waals surface area contributed by atoms with Crippen LogP contribution >= 0.6 is 0 Å². The van der Waals surface area contributed by atoms with Crippen molar-refractivity contribution in [3.8, 4) is 11.3 Å². The average molecular weight is 422 g/mol. The van der Waals surface area contributed by atoms with Crippen LogP contribution in [0.5, 0.6) is 0 Å². The van der Waals surface area contributed by atoms with Crippen molar-refractivity contribution >= 4 is 22.7 Å². The summed E-state index contributed by atoms with van der Waals surface area (Å²) in [7, 11) is 1.38. The Morgan fingerprint density at radius 2 is 2.23 bits per heavy atom. The number of esters is 1. The first kappa shape index (κ1) is 19.9. The number of fused-ring (bicyclic) bond motifs is 1. The largest absolute Gasteiger partial charge is 0.464 e. The predicted molar refractivity (Wildman–Crippen MR) is 117 cm³/mol. The molecule has 0 aromatic carbocycles. The molecule has 3 aromatic heterocycles. The van der Waals surface area contributed by atoms with Crippen LogP contribution in [-0.2, 0) is 9.47 Å². The maximum Gasteiger partial charge on any atom is 0.354 e. The smallest absolute Gasteiger partial charge is 0.354 e. The Balaban J connectivity index is 1.70. The lowest BCUT2D eigenvalue weighted by molar-refractivity contribution is 0.0595. The zero-order chi connectivity index (χ0) is 21.4. The molecule has 5 heterocycles. The first-order valence-corrected chi connectivity index (χ1v) is 10.6. The van der Waals surface area contributed by atoms with E-state index in [-0.39, 0.29) is 12.1 Å². The van der Waals surface area contributed by atoms with Crippen LogP contribution in [0.2, 0.25) is 0 Å². The number of nitrogens with zero attached hydrogens (tertiary/aromatic N) is 3.